The molecule has 4 nitrogen and oxygen atoms in total. The maximum Gasteiger partial charge on any atom is 0.251 e. The van der Waals surface area contributed by atoms with Gasteiger partial charge in [-0.25, -0.2) is 0 Å². The Balaban J connectivity index is 1.36. The zero-order valence-electron chi connectivity index (χ0n) is 16.8. The van der Waals surface area contributed by atoms with Crippen LogP contribution in [0.2, 0.25) is 0 Å². The predicted molar refractivity (Wildman–Crippen MR) is 117 cm³/mol. The molecule has 0 saturated heterocycles. The van der Waals surface area contributed by atoms with Crippen LogP contribution in [0.3, 0.4) is 0 Å². The third kappa shape index (κ3) is 4.72. The second kappa shape index (κ2) is 9.01. The number of nitrogens with zero attached hydrogens (tertiary/aromatic N) is 1. The van der Waals surface area contributed by atoms with Crippen molar-refractivity contribution in [2.24, 2.45) is 0 Å². The van der Waals surface area contributed by atoms with E-state index in [9.17, 15) is 4.79 Å². The van der Waals surface area contributed by atoms with Crippen LogP contribution in [-0.4, -0.2) is 23.5 Å². The van der Waals surface area contributed by atoms with E-state index in [2.05, 4.69) is 64.1 Å². The predicted octanol–water partition coefficient (Wildman–Crippen LogP) is 4.15. The van der Waals surface area contributed by atoms with E-state index in [1.165, 1.54) is 16.7 Å². The summed E-state index contributed by atoms with van der Waals surface area (Å²) in [7, 11) is 0. The van der Waals surface area contributed by atoms with Gasteiger partial charge in [-0.1, -0.05) is 55.5 Å². The van der Waals surface area contributed by atoms with Crippen LogP contribution in [0, 0.1) is 0 Å². The molecule has 0 spiro atoms. The number of hydrogen-bond acceptors (Lipinski definition) is 3. The average molecular weight is 386 g/mol. The van der Waals surface area contributed by atoms with Crippen LogP contribution < -0.4 is 10.6 Å². The molecule has 0 fully saturated rings. The van der Waals surface area contributed by atoms with E-state index in [1.807, 2.05) is 13.0 Å². The monoisotopic (exact) mass is 385 g/mol. The Morgan fingerprint density at radius 2 is 1.76 bits per heavy atom. The Morgan fingerprint density at radius 3 is 2.45 bits per heavy atom. The van der Waals surface area contributed by atoms with Crippen LogP contribution in [-0.2, 0) is 19.4 Å². The molecule has 148 valence electrons. The zero-order valence-corrected chi connectivity index (χ0v) is 16.8. The lowest BCUT2D eigenvalue weighted by Gasteiger charge is -2.12. The summed E-state index contributed by atoms with van der Waals surface area (Å²) >= 11 is 0. The minimum atomic E-state index is -0.0473. The number of hydrogen-bond donors (Lipinski definition) is 2. The standard InChI is InChI=1S/C25H27N3O/c1-2-12-27-25(29)22-11-13-26-24(16-22)19-9-7-18(8-10-19)17-28-23-14-20-5-3-4-6-21(20)15-23/h3-11,13,16,23,28H,2,12,14-15,17H2,1H3,(H,27,29). The third-order valence-corrected chi connectivity index (χ3v) is 5.45. The molecule has 0 atom stereocenters. The second-order valence-electron chi connectivity index (χ2n) is 7.64. The van der Waals surface area contributed by atoms with Crippen LogP contribution in [0.4, 0.5) is 0 Å². The largest absolute Gasteiger partial charge is 0.352 e. The van der Waals surface area contributed by atoms with Crippen LogP contribution in [0.1, 0.15) is 40.4 Å². The summed E-state index contributed by atoms with van der Waals surface area (Å²) < 4.78 is 0. The van der Waals surface area contributed by atoms with Gasteiger partial charge >= 0.3 is 0 Å². The minimum absolute atomic E-state index is 0.0473. The quantitative estimate of drug-likeness (QED) is 0.643. The van der Waals surface area contributed by atoms with E-state index in [-0.39, 0.29) is 5.91 Å². The molecule has 0 aliphatic heterocycles. The fourth-order valence-electron chi connectivity index (χ4n) is 3.83. The Hall–Kier alpha value is -2.98. The number of pyridine rings is 1. The summed E-state index contributed by atoms with van der Waals surface area (Å²) in [5.74, 6) is -0.0473. The number of benzene rings is 2. The summed E-state index contributed by atoms with van der Waals surface area (Å²) in [6, 6.07) is 21.3. The van der Waals surface area contributed by atoms with Gasteiger partial charge in [-0.3, -0.25) is 9.78 Å². The van der Waals surface area contributed by atoms with Crippen LogP contribution in [0.15, 0.2) is 66.9 Å². The molecular formula is C25H27N3O. The highest BCUT2D eigenvalue weighted by Gasteiger charge is 2.20. The first-order chi connectivity index (χ1) is 14.2. The van der Waals surface area contributed by atoms with Crippen molar-refractivity contribution in [3.05, 3.63) is 89.1 Å². The summed E-state index contributed by atoms with van der Waals surface area (Å²) in [6.07, 6.45) is 4.83. The number of fused-ring (bicyclic) bond motifs is 1. The highest BCUT2D eigenvalue weighted by Crippen LogP contribution is 2.22. The van der Waals surface area contributed by atoms with Crippen molar-refractivity contribution in [1.82, 2.24) is 15.6 Å². The first-order valence-electron chi connectivity index (χ1n) is 10.4. The maximum absolute atomic E-state index is 12.2. The van der Waals surface area contributed by atoms with Crippen LogP contribution in [0.5, 0.6) is 0 Å². The molecule has 0 radical (unpaired) electrons. The lowest BCUT2D eigenvalue weighted by atomic mass is 10.1. The van der Waals surface area contributed by atoms with Crippen LogP contribution >= 0.6 is 0 Å². The third-order valence-electron chi connectivity index (χ3n) is 5.45. The fraction of sp³-hybridized carbons (Fsp3) is 0.280. The Bertz CT molecular complexity index is 956. The molecule has 1 aliphatic rings. The normalized spacial score (nSPS) is 13.3. The number of carbonyl (C=O) groups excluding carboxylic acids is 1. The second-order valence-corrected chi connectivity index (χ2v) is 7.64. The van der Waals surface area contributed by atoms with Gasteiger partial charge in [0.2, 0.25) is 0 Å². The van der Waals surface area contributed by atoms with E-state index in [0.717, 1.165) is 37.1 Å². The summed E-state index contributed by atoms with van der Waals surface area (Å²) in [5, 5.41) is 6.59. The van der Waals surface area contributed by atoms with Gasteiger partial charge < -0.3 is 10.6 Å². The molecule has 4 heteroatoms. The van der Waals surface area contributed by atoms with Gasteiger partial charge in [-0.2, -0.15) is 0 Å². The summed E-state index contributed by atoms with van der Waals surface area (Å²) in [6.45, 7) is 3.58. The van der Waals surface area contributed by atoms with Crippen molar-refractivity contribution >= 4 is 5.91 Å². The van der Waals surface area contributed by atoms with Gasteiger partial charge in [0.1, 0.15) is 0 Å². The number of carbonyl (C=O) groups is 1. The SMILES string of the molecule is CCCNC(=O)c1ccnc(-c2ccc(CNC3Cc4ccccc4C3)cc2)c1. The van der Waals surface area contributed by atoms with Crippen molar-refractivity contribution in [3.63, 3.8) is 0 Å². The molecule has 1 heterocycles. The van der Waals surface area contributed by atoms with Crippen molar-refractivity contribution < 1.29 is 4.79 Å². The Labute approximate surface area is 172 Å². The number of nitrogens with one attached hydrogen (secondary N) is 2. The van der Waals surface area contributed by atoms with Gasteiger partial charge in [0.15, 0.2) is 0 Å². The number of aromatic nitrogens is 1. The Kier molecular flexibility index (Phi) is 6.01. The van der Waals surface area contributed by atoms with Gasteiger partial charge in [0.25, 0.3) is 5.91 Å². The molecule has 0 unspecified atom stereocenters. The smallest absolute Gasteiger partial charge is 0.251 e. The maximum atomic E-state index is 12.2. The highest BCUT2D eigenvalue weighted by molar-refractivity contribution is 5.95. The fourth-order valence-corrected chi connectivity index (χ4v) is 3.83. The molecule has 1 aliphatic carbocycles. The molecule has 0 bridgehead atoms. The molecule has 29 heavy (non-hydrogen) atoms. The van der Waals surface area contributed by atoms with Gasteiger partial charge in [0.05, 0.1) is 5.69 Å². The van der Waals surface area contributed by atoms with Crippen molar-refractivity contribution in [2.75, 3.05) is 6.54 Å². The highest BCUT2D eigenvalue weighted by atomic mass is 16.1. The summed E-state index contributed by atoms with van der Waals surface area (Å²) in [4.78, 5) is 16.6. The molecule has 2 N–H and O–H groups in total. The lowest BCUT2D eigenvalue weighted by molar-refractivity contribution is 0.0953. The molecule has 2 aromatic carbocycles. The zero-order chi connectivity index (χ0) is 20.1. The van der Waals surface area contributed by atoms with E-state index in [1.54, 1.807) is 12.3 Å². The average Bonchev–Trinajstić information content (AvgIpc) is 3.19. The minimum Gasteiger partial charge on any atom is -0.352 e. The number of rotatable bonds is 7. The lowest BCUT2D eigenvalue weighted by Crippen LogP contribution is -2.28. The van der Waals surface area contributed by atoms with Gasteiger partial charge in [0, 0.05) is 36.5 Å². The molecular weight excluding hydrogens is 358 g/mol. The topological polar surface area (TPSA) is 54.0 Å². The van der Waals surface area contributed by atoms with Crippen molar-refractivity contribution in [3.8, 4) is 11.3 Å². The first kappa shape index (κ1) is 19.3. The van der Waals surface area contributed by atoms with E-state index >= 15 is 0 Å². The van der Waals surface area contributed by atoms with E-state index in [0.29, 0.717) is 18.2 Å². The molecule has 0 saturated carbocycles. The van der Waals surface area contributed by atoms with Crippen molar-refractivity contribution in [1.29, 1.82) is 0 Å². The van der Waals surface area contributed by atoms with Gasteiger partial charge in [-0.15, -0.1) is 0 Å². The van der Waals surface area contributed by atoms with Crippen molar-refractivity contribution in [2.45, 2.75) is 38.8 Å². The first-order valence-corrected chi connectivity index (χ1v) is 10.4. The van der Waals surface area contributed by atoms with Gasteiger partial charge in [-0.05, 0) is 48.1 Å². The number of amides is 1. The summed E-state index contributed by atoms with van der Waals surface area (Å²) in [5.41, 5.74) is 6.67. The molecule has 3 aromatic rings. The van der Waals surface area contributed by atoms with E-state index < -0.39 is 0 Å². The Morgan fingerprint density at radius 1 is 1.03 bits per heavy atom. The van der Waals surface area contributed by atoms with Crippen LogP contribution in [0.25, 0.3) is 11.3 Å². The molecule has 1 aromatic heterocycles. The molecule has 4 rings (SSSR count). The molecule has 1 amide bonds. The van der Waals surface area contributed by atoms with E-state index in [4.69, 9.17) is 0 Å².